The maximum Gasteiger partial charge on any atom is -0.0262 e. The van der Waals surface area contributed by atoms with Crippen LogP contribution in [0, 0.1) is 29.1 Å². The molecule has 0 aromatic rings. The molecular formula is C18H36. The first-order valence-electron chi connectivity index (χ1n) is 8.51. The monoisotopic (exact) mass is 252 g/mol. The first kappa shape index (κ1) is 16.1. The van der Waals surface area contributed by atoms with Crippen molar-refractivity contribution in [2.75, 3.05) is 0 Å². The Hall–Kier alpha value is 0. The minimum absolute atomic E-state index is 0.650. The van der Waals surface area contributed by atoms with Crippen molar-refractivity contribution >= 4 is 0 Å². The van der Waals surface area contributed by atoms with Crippen LogP contribution in [0.5, 0.6) is 0 Å². The van der Waals surface area contributed by atoms with Gasteiger partial charge in [-0.2, -0.15) is 0 Å². The molecule has 108 valence electrons. The van der Waals surface area contributed by atoms with Gasteiger partial charge >= 0.3 is 0 Å². The Morgan fingerprint density at radius 1 is 1.11 bits per heavy atom. The largest absolute Gasteiger partial charge is 0.0654 e. The quantitative estimate of drug-likeness (QED) is 0.475. The highest BCUT2D eigenvalue weighted by atomic mass is 14.6. The summed E-state index contributed by atoms with van der Waals surface area (Å²) in [7, 11) is 0. The first-order chi connectivity index (χ1) is 8.51. The molecule has 0 amide bonds. The fourth-order valence-electron chi connectivity index (χ4n) is 5.07. The maximum atomic E-state index is 2.60. The maximum absolute atomic E-state index is 2.60. The second-order valence-corrected chi connectivity index (χ2v) is 7.22. The molecule has 0 N–H and O–H groups in total. The number of hydrogen-bond donors (Lipinski definition) is 0. The van der Waals surface area contributed by atoms with Crippen LogP contribution in [0.4, 0.5) is 0 Å². The Morgan fingerprint density at radius 2 is 1.78 bits per heavy atom. The highest BCUT2D eigenvalue weighted by Crippen LogP contribution is 2.59. The minimum atomic E-state index is 0.650. The van der Waals surface area contributed by atoms with Crippen molar-refractivity contribution in [1.82, 2.24) is 0 Å². The van der Waals surface area contributed by atoms with E-state index in [1.807, 2.05) is 0 Å². The molecule has 18 heavy (non-hydrogen) atoms. The summed E-state index contributed by atoms with van der Waals surface area (Å²) < 4.78 is 0. The van der Waals surface area contributed by atoms with E-state index in [9.17, 15) is 0 Å². The SMILES string of the molecule is CCCCC(C)C(CCC)C1(C)CC(C)C1CC. The van der Waals surface area contributed by atoms with Gasteiger partial charge in [0, 0.05) is 0 Å². The standard InChI is InChI=1S/C18H36/c1-7-10-12-14(4)17(11-8-2)18(6)13-15(5)16(18)9-3/h14-17H,7-13H2,1-6H3. The summed E-state index contributed by atoms with van der Waals surface area (Å²) >= 11 is 0. The molecule has 0 aromatic heterocycles. The van der Waals surface area contributed by atoms with Gasteiger partial charge in [0.1, 0.15) is 0 Å². The molecule has 0 radical (unpaired) electrons. The lowest BCUT2D eigenvalue weighted by molar-refractivity contribution is -0.0919. The second-order valence-electron chi connectivity index (χ2n) is 7.22. The minimum Gasteiger partial charge on any atom is -0.0654 e. The highest BCUT2D eigenvalue weighted by Gasteiger charge is 2.52. The second kappa shape index (κ2) is 6.96. The van der Waals surface area contributed by atoms with Crippen LogP contribution in [0.25, 0.3) is 0 Å². The lowest BCUT2D eigenvalue weighted by atomic mass is 9.47. The van der Waals surface area contributed by atoms with Gasteiger partial charge in [-0.25, -0.2) is 0 Å². The van der Waals surface area contributed by atoms with Crippen molar-refractivity contribution in [2.45, 2.75) is 86.5 Å². The fourth-order valence-corrected chi connectivity index (χ4v) is 5.07. The Kier molecular flexibility index (Phi) is 6.21. The molecule has 0 aliphatic heterocycles. The van der Waals surface area contributed by atoms with Crippen molar-refractivity contribution in [1.29, 1.82) is 0 Å². The van der Waals surface area contributed by atoms with E-state index in [1.165, 1.54) is 44.9 Å². The van der Waals surface area contributed by atoms with E-state index < -0.39 is 0 Å². The summed E-state index contributed by atoms with van der Waals surface area (Å²) in [5, 5.41) is 0. The summed E-state index contributed by atoms with van der Waals surface area (Å²) in [5.41, 5.74) is 0.650. The molecule has 0 nitrogen and oxygen atoms in total. The van der Waals surface area contributed by atoms with Crippen LogP contribution in [0.2, 0.25) is 0 Å². The van der Waals surface area contributed by atoms with E-state index >= 15 is 0 Å². The van der Waals surface area contributed by atoms with Crippen molar-refractivity contribution in [3.05, 3.63) is 0 Å². The van der Waals surface area contributed by atoms with E-state index in [0.29, 0.717) is 5.41 Å². The third-order valence-electron chi connectivity index (χ3n) is 5.88. The molecule has 1 saturated carbocycles. The van der Waals surface area contributed by atoms with E-state index in [-0.39, 0.29) is 0 Å². The Morgan fingerprint density at radius 3 is 2.22 bits per heavy atom. The number of rotatable bonds is 8. The highest BCUT2D eigenvalue weighted by molar-refractivity contribution is 5.01. The summed E-state index contributed by atoms with van der Waals surface area (Å²) in [6.45, 7) is 14.7. The van der Waals surface area contributed by atoms with Gasteiger partial charge < -0.3 is 0 Å². The molecule has 0 spiro atoms. The van der Waals surface area contributed by atoms with Crippen LogP contribution < -0.4 is 0 Å². The van der Waals surface area contributed by atoms with Crippen molar-refractivity contribution < 1.29 is 0 Å². The van der Waals surface area contributed by atoms with E-state index in [0.717, 1.165) is 23.7 Å². The summed E-state index contributed by atoms with van der Waals surface area (Å²) in [4.78, 5) is 0. The van der Waals surface area contributed by atoms with Crippen molar-refractivity contribution in [2.24, 2.45) is 29.1 Å². The molecule has 5 atom stereocenters. The predicted octanol–water partition coefficient (Wildman–Crippen LogP) is 6.30. The number of hydrogen-bond acceptors (Lipinski definition) is 0. The van der Waals surface area contributed by atoms with Gasteiger partial charge in [-0.05, 0) is 41.9 Å². The lowest BCUT2D eigenvalue weighted by Gasteiger charge is -2.58. The lowest BCUT2D eigenvalue weighted by Crippen LogP contribution is -2.51. The normalized spacial score (nSPS) is 35.0. The molecule has 1 aliphatic rings. The predicted molar refractivity (Wildman–Crippen MR) is 82.8 cm³/mol. The van der Waals surface area contributed by atoms with Gasteiger partial charge in [-0.15, -0.1) is 0 Å². The van der Waals surface area contributed by atoms with Gasteiger partial charge in [-0.1, -0.05) is 73.6 Å². The topological polar surface area (TPSA) is 0 Å². The zero-order valence-electron chi connectivity index (χ0n) is 13.8. The van der Waals surface area contributed by atoms with E-state index in [4.69, 9.17) is 0 Å². The molecule has 1 rings (SSSR count). The molecule has 0 heteroatoms. The summed E-state index contributed by atoms with van der Waals surface area (Å²) in [6, 6.07) is 0. The van der Waals surface area contributed by atoms with Crippen LogP contribution >= 0.6 is 0 Å². The molecule has 0 aromatic carbocycles. The Bertz CT molecular complexity index is 232. The van der Waals surface area contributed by atoms with Gasteiger partial charge in [0.2, 0.25) is 0 Å². The molecule has 0 heterocycles. The molecule has 1 aliphatic carbocycles. The van der Waals surface area contributed by atoms with Gasteiger partial charge in [0.15, 0.2) is 0 Å². The Labute approximate surface area is 116 Å². The summed E-state index contributed by atoms with van der Waals surface area (Å²) in [5.74, 6) is 3.85. The van der Waals surface area contributed by atoms with Crippen LogP contribution in [-0.4, -0.2) is 0 Å². The van der Waals surface area contributed by atoms with Crippen LogP contribution in [-0.2, 0) is 0 Å². The summed E-state index contributed by atoms with van der Waals surface area (Å²) in [6.07, 6.45) is 9.90. The van der Waals surface area contributed by atoms with Crippen LogP contribution in [0.1, 0.15) is 86.5 Å². The molecule has 0 saturated heterocycles. The zero-order valence-corrected chi connectivity index (χ0v) is 13.8. The first-order valence-corrected chi connectivity index (χ1v) is 8.51. The number of unbranched alkanes of at least 4 members (excludes halogenated alkanes) is 1. The molecule has 1 fully saturated rings. The van der Waals surface area contributed by atoms with Crippen molar-refractivity contribution in [3.63, 3.8) is 0 Å². The molecular weight excluding hydrogens is 216 g/mol. The van der Waals surface area contributed by atoms with Crippen LogP contribution in [0.15, 0.2) is 0 Å². The average molecular weight is 252 g/mol. The average Bonchev–Trinajstić information content (AvgIpc) is 2.32. The third kappa shape index (κ3) is 3.11. The Balaban J connectivity index is 2.71. The van der Waals surface area contributed by atoms with Crippen LogP contribution in [0.3, 0.4) is 0 Å². The van der Waals surface area contributed by atoms with Crippen molar-refractivity contribution in [3.8, 4) is 0 Å². The van der Waals surface area contributed by atoms with Gasteiger partial charge in [0.05, 0.1) is 0 Å². The van der Waals surface area contributed by atoms with E-state index in [2.05, 4.69) is 41.5 Å². The third-order valence-corrected chi connectivity index (χ3v) is 5.88. The zero-order chi connectivity index (χ0) is 13.8. The molecule has 5 unspecified atom stereocenters. The van der Waals surface area contributed by atoms with E-state index in [1.54, 1.807) is 0 Å². The van der Waals surface area contributed by atoms with Gasteiger partial charge in [0.25, 0.3) is 0 Å². The fraction of sp³-hybridized carbons (Fsp3) is 1.00. The molecule has 0 bridgehead atoms. The van der Waals surface area contributed by atoms with Gasteiger partial charge in [-0.3, -0.25) is 0 Å². The smallest absolute Gasteiger partial charge is 0.0262 e.